The summed E-state index contributed by atoms with van der Waals surface area (Å²) in [6, 6.07) is 25.7. The zero-order valence-electron chi connectivity index (χ0n) is 22.7. The van der Waals surface area contributed by atoms with Crippen molar-refractivity contribution >= 4 is 22.6 Å². The van der Waals surface area contributed by atoms with Crippen LogP contribution in [0.2, 0.25) is 0 Å². The molecule has 0 radical (unpaired) electrons. The highest BCUT2D eigenvalue weighted by Crippen LogP contribution is 2.43. The number of ether oxygens (including phenoxy) is 2. The standard InChI is InChI=1S/C34H28FNO5/c1-3-21-10-14-25(15-11-21)36-31(30-32(37)26-19-24(35)13-17-27(26)41-33(30)34(36)38)23-12-16-28(29(18-23)39-4-2)40-20-22-8-6-5-7-9-22/h5-19,31H,3-4,20H2,1-2H3. The van der Waals surface area contributed by atoms with Gasteiger partial charge in [-0.05, 0) is 72.5 Å². The SMILES string of the molecule is CCOc1cc(C2c3c(oc4ccc(F)cc4c3=O)C(=O)N2c2ccc(CC)cc2)ccc1OCc1ccccc1. The van der Waals surface area contributed by atoms with Crippen LogP contribution in [0.5, 0.6) is 11.5 Å². The van der Waals surface area contributed by atoms with Gasteiger partial charge >= 0.3 is 0 Å². The number of anilines is 1. The molecule has 0 N–H and O–H groups in total. The van der Waals surface area contributed by atoms with E-state index < -0.39 is 23.2 Å². The van der Waals surface area contributed by atoms with E-state index in [1.165, 1.54) is 12.1 Å². The molecule has 0 bridgehead atoms. The van der Waals surface area contributed by atoms with E-state index in [1.54, 1.807) is 17.0 Å². The van der Waals surface area contributed by atoms with Crippen LogP contribution >= 0.6 is 0 Å². The number of carbonyl (C=O) groups is 1. The van der Waals surface area contributed by atoms with Crippen molar-refractivity contribution in [3.8, 4) is 11.5 Å². The van der Waals surface area contributed by atoms with E-state index in [0.29, 0.717) is 36.0 Å². The van der Waals surface area contributed by atoms with Crippen molar-refractivity contribution in [3.63, 3.8) is 0 Å². The molecular weight excluding hydrogens is 521 g/mol. The molecule has 0 fully saturated rings. The Hall–Kier alpha value is -4.91. The fraction of sp³-hybridized carbons (Fsp3) is 0.176. The van der Waals surface area contributed by atoms with Crippen LogP contribution in [0.4, 0.5) is 10.1 Å². The largest absolute Gasteiger partial charge is 0.490 e. The van der Waals surface area contributed by atoms with Crippen molar-refractivity contribution in [2.45, 2.75) is 32.9 Å². The summed E-state index contributed by atoms with van der Waals surface area (Å²) in [5, 5.41) is 0.0811. The first kappa shape index (κ1) is 26.3. The number of amides is 1. The van der Waals surface area contributed by atoms with Gasteiger partial charge in [-0.2, -0.15) is 0 Å². The minimum Gasteiger partial charge on any atom is -0.490 e. The van der Waals surface area contributed by atoms with Crippen molar-refractivity contribution in [2.75, 3.05) is 11.5 Å². The van der Waals surface area contributed by atoms with Crippen LogP contribution in [0.3, 0.4) is 0 Å². The van der Waals surface area contributed by atoms with E-state index in [4.69, 9.17) is 13.9 Å². The summed E-state index contributed by atoms with van der Waals surface area (Å²) in [4.78, 5) is 29.3. The van der Waals surface area contributed by atoms with E-state index in [0.717, 1.165) is 23.6 Å². The molecule has 6 rings (SSSR count). The lowest BCUT2D eigenvalue weighted by atomic mass is 9.97. The van der Waals surface area contributed by atoms with Crippen LogP contribution in [0.25, 0.3) is 11.0 Å². The molecule has 1 aromatic heterocycles. The van der Waals surface area contributed by atoms with Gasteiger partial charge in [0.1, 0.15) is 18.0 Å². The summed E-state index contributed by atoms with van der Waals surface area (Å²) in [7, 11) is 0. The van der Waals surface area contributed by atoms with Gasteiger partial charge in [0.05, 0.1) is 23.6 Å². The van der Waals surface area contributed by atoms with Gasteiger partial charge in [0.2, 0.25) is 5.76 Å². The molecule has 0 aliphatic carbocycles. The van der Waals surface area contributed by atoms with Gasteiger partial charge in [-0.3, -0.25) is 14.5 Å². The number of carbonyl (C=O) groups excluding carboxylic acids is 1. The second-order valence-electron chi connectivity index (χ2n) is 9.83. The quantitative estimate of drug-likeness (QED) is 0.204. The molecule has 1 atom stereocenters. The number of aryl methyl sites for hydroxylation is 1. The Balaban J connectivity index is 1.50. The predicted molar refractivity (Wildman–Crippen MR) is 155 cm³/mol. The average Bonchev–Trinajstić information content (AvgIpc) is 3.29. The van der Waals surface area contributed by atoms with Crippen molar-refractivity contribution in [1.29, 1.82) is 0 Å². The number of fused-ring (bicyclic) bond motifs is 2. The molecule has 0 saturated heterocycles. The maximum atomic E-state index is 14.2. The lowest BCUT2D eigenvalue weighted by Gasteiger charge is -2.26. The second kappa shape index (κ2) is 10.9. The van der Waals surface area contributed by atoms with Gasteiger partial charge in [-0.25, -0.2) is 4.39 Å². The first-order chi connectivity index (χ1) is 20.0. The molecule has 5 aromatic rings. The molecule has 1 unspecified atom stereocenters. The van der Waals surface area contributed by atoms with E-state index in [-0.39, 0.29) is 22.3 Å². The van der Waals surface area contributed by atoms with Crippen molar-refractivity contribution < 1.29 is 23.1 Å². The number of hydrogen-bond acceptors (Lipinski definition) is 5. The minimum atomic E-state index is -0.823. The predicted octanol–water partition coefficient (Wildman–Crippen LogP) is 7.22. The van der Waals surface area contributed by atoms with Gasteiger partial charge in [0.15, 0.2) is 16.9 Å². The highest BCUT2D eigenvalue weighted by molar-refractivity contribution is 6.10. The molecule has 1 aliphatic heterocycles. The molecule has 7 heteroatoms. The van der Waals surface area contributed by atoms with Crippen LogP contribution < -0.4 is 19.8 Å². The Morgan fingerprint density at radius 3 is 2.34 bits per heavy atom. The Labute approximate surface area is 236 Å². The Morgan fingerprint density at radius 2 is 1.61 bits per heavy atom. The van der Waals surface area contributed by atoms with Gasteiger partial charge in [-0.15, -0.1) is 0 Å². The summed E-state index contributed by atoms with van der Waals surface area (Å²) >= 11 is 0. The van der Waals surface area contributed by atoms with Crippen molar-refractivity contribution in [3.05, 3.63) is 135 Å². The summed E-state index contributed by atoms with van der Waals surface area (Å²) in [5.74, 6) is -0.0352. The zero-order chi connectivity index (χ0) is 28.5. The second-order valence-corrected chi connectivity index (χ2v) is 9.83. The third kappa shape index (κ3) is 4.84. The van der Waals surface area contributed by atoms with Crippen LogP contribution in [0.15, 0.2) is 100 Å². The Morgan fingerprint density at radius 1 is 0.829 bits per heavy atom. The molecule has 0 saturated carbocycles. The highest BCUT2D eigenvalue weighted by Gasteiger charge is 2.44. The van der Waals surface area contributed by atoms with Gasteiger partial charge < -0.3 is 13.9 Å². The van der Waals surface area contributed by atoms with E-state index in [9.17, 15) is 14.0 Å². The van der Waals surface area contributed by atoms with Crippen LogP contribution in [-0.2, 0) is 13.0 Å². The summed E-state index contributed by atoms with van der Waals surface area (Å²) in [6.07, 6.45) is 0.844. The number of rotatable bonds is 8. The Bertz CT molecular complexity index is 1800. The maximum Gasteiger partial charge on any atom is 0.295 e. The van der Waals surface area contributed by atoms with E-state index in [2.05, 4.69) is 6.92 Å². The molecule has 6 nitrogen and oxygen atoms in total. The first-order valence-electron chi connectivity index (χ1n) is 13.6. The van der Waals surface area contributed by atoms with Gasteiger partial charge in [-0.1, -0.05) is 55.5 Å². The normalized spacial score (nSPS) is 14.4. The summed E-state index contributed by atoms with van der Waals surface area (Å²) in [5.41, 5.74) is 3.24. The fourth-order valence-electron chi connectivity index (χ4n) is 5.24. The smallest absolute Gasteiger partial charge is 0.295 e. The number of nitrogens with zero attached hydrogens (tertiary/aromatic N) is 1. The highest BCUT2D eigenvalue weighted by atomic mass is 19.1. The third-order valence-corrected chi connectivity index (χ3v) is 7.28. The maximum absolute atomic E-state index is 14.2. The third-order valence-electron chi connectivity index (χ3n) is 7.28. The van der Waals surface area contributed by atoms with E-state index >= 15 is 0 Å². The van der Waals surface area contributed by atoms with Crippen LogP contribution in [0, 0.1) is 5.82 Å². The minimum absolute atomic E-state index is 0.0546. The van der Waals surface area contributed by atoms with Crippen LogP contribution in [0.1, 0.15) is 52.7 Å². The average molecular weight is 550 g/mol. The molecule has 2 heterocycles. The van der Waals surface area contributed by atoms with Crippen molar-refractivity contribution in [2.24, 2.45) is 0 Å². The molecular formula is C34H28FNO5. The van der Waals surface area contributed by atoms with Gasteiger partial charge in [0, 0.05) is 5.69 Å². The Kier molecular flexibility index (Phi) is 7.01. The molecule has 1 amide bonds. The molecule has 206 valence electrons. The molecule has 4 aromatic carbocycles. The zero-order valence-corrected chi connectivity index (χ0v) is 22.7. The monoisotopic (exact) mass is 549 g/mol. The lowest BCUT2D eigenvalue weighted by Crippen LogP contribution is -2.29. The first-order valence-corrected chi connectivity index (χ1v) is 13.6. The molecule has 1 aliphatic rings. The van der Waals surface area contributed by atoms with Crippen molar-refractivity contribution in [1.82, 2.24) is 0 Å². The lowest BCUT2D eigenvalue weighted by molar-refractivity contribution is 0.0971. The number of hydrogen-bond donors (Lipinski definition) is 0. The fourth-order valence-corrected chi connectivity index (χ4v) is 5.24. The summed E-state index contributed by atoms with van der Waals surface area (Å²) < 4.78 is 32.2. The topological polar surface area (TPSA) is 69.0 Å². The molecule has 0 spiro atoms. The summed E-state index contributed by atoms with van der Waals surface area (Å²) in [6.45, 7) is 4.67. The van der Waals surface area contributed by atoms with Gasteiger partial charge in [0.25, 0.3) is 5.91 Å². The number of halogens is 1. The van der Waals surface area contributed by atoms with E-state index in [1.807, 2.05) is 67.6 Å². The van der Waals surface area contributed by atoms with Crippen LogP contribution in [-0.4, -0.2) is 12.5 Å². The molecule has 41 heavy (non-hydrogen) atoms. The number of benzene rings is 4.